The summed E-state index contributed by atoms with van der Waals surface area (Å²) in [5.41, 5.74) is 1.40. The average Bonchev–Trinajstić information content (AvgIpc) is 2.59. The third kappa shape index (κ3) is 5.59. The fourth-order valence-electron chi connectivity index (χ4n) is 2.36. The SMILES string of the molecule is CCCCNCc1cc(Br)c(OCc2c(F)cccc2Cl)c(OC)c1. The second-order valence-electron chi connectivity index (χ2n) is 5.63. The van der Waals surface area contributed by atoms with Crippen molar-refractivity contribution in [3.8, 4) is 11.5 Å². The lowest BCUT2D eigenvalue weighted by Gasteiger charge is -2.15. The quantitative estimate of drug-likeness (QED) is 0.516. The highest BCUT2D eigenvalue weighted by Crippen LogP contribution is 2.37. The van der Waals surface area contributed by atoms with Crippen LogP contribution in [0, 0.1) is 5.82 Å². The molecule has 0 spiro atoms. The van der Waals surface area contributed by atoms with Crippen LogP contribution < -0.4 is 14.8 Å². The molecule has 0 saturated heterocycles. The summed E-state index contributed by atoms with van der Waals surface area (Å²) in [6, 6.07) is 8.46. The Morgan fingerprint density at radius 3 is 2.76 bits per heavy atom. The number of rotatable bonds is 9. The molecule has 0 aromatic heterocycles. The van der Waals surface area contributed by atoms with E-state index >= 15 is 0 Å². The van der Waals surface area contributed by atoms with Crippen LogP contribution in [0.15, 0.2) is 34.8 Å². The minimum absolute atomic E-state index is 0.0224. The van der Waals surface area contributed by atoms with Crippen LogP contribution in [0.4, 0.5) is 4.39 Å². The molecule has 0 fully saturated rings. The Labute approximate surface area is 161 Å². The number of halogens is 3. The van der Waals surface area contributed by atoms with Crippen molar-refractivity contribution in [3.05, 3.63) is 56.8 Å². The maximum absolute atomic E-state index is 13.9. The normalized spacial score (nSPS) is 10.8. The highest BCUT2D eigenvalue weighted by molar-refractivity contribution is 9.10. The van der Waals surface area contributed by atoms with Crippen molar-refractivity contribution in [3.63, 3.8) is 0 Å². The van der Waals surface area contributed by atoms with Crippen LogP contribution in [0.1, 0.15) is 30.9 Å². The Kier molecular flexibility index (Phi) is 8.00. The molecule has 6 heteroatoms. The molecule has 136 valence electrons. The van der Waals surface area contributed by atoms with Crippen molar-refractivity contribution in [1.29, 1.82) is 0 Å². The predicted octanol–water partition coefficient (Wildman–Crippen LogP) is 5.72. The third-order valence-electron chi connectivity index (χ3n) is 3.75. The summed E-state index contributed by atoms with van der Waals surface area (Å²) in [4.78, 5) is 0. The Hall–Kier alpha value is -1.30. The van der Waals surface area contributed by atoms with Gasteiger partial charge in [0.15, 0.2) is 11.5 Å². The fraction of sp³-hybridized carbons (Fsp3) is 0.368. The van der Waals surface area contributed by atoms with Gasteiger partial charge in [0.2, 0.25) is 0 Å². The molecule has 0 unspecified atom stereocenters. The van der Waals surface area contributed by atoms with E-state index in [-0.39, 0.29) is 12.4 Å². The standard InChI is InChI=1S/C19H22BrClFNO2/c1-3-4-8-23-11-13-9-15(20)19(18(10-13)24-2)25-12-14-16(21)6-5-7-17(14)22/h5-7,9-10,23H,3-4,8,11-12H2,1-2H3. The summed E-state index contributed by atoms with van der Waals surface area (Å²) >= 11 is 9.56. The van der Waals surface area contributed by atoms with Gasteiger partial charge in [0, 0.05) is 12.1 Å². The van der Waals surface area contributed by atoms with Gasteiger partial charge < -0.3 is 14.8 Å². The first-order valence-corrected chi connectivity index (χ1v) is 9.36. The Bertz CT molecular complexity index is 692. The molecule has 0 heterocycles. The first kappa shape index (κ1) is 20.0. The molecule has 0 radical (unpaired) electrons. The first-order chi connectivity index (χ1) is 12.1. The molecule has 25 heavy (non-hydrogen) atoms. The van der Waals surface area contributed by atoms with Gasteiger partial charge in [-0.25, -0.2) is 4.39 Å². The lowest BCUT2D eigenvalue weighted by atomic mass is 10.2. The largest absolute Gasteiger partial charge is 0.493 e. The fourth-order valence-corrected chi connectivity index (χ4v) is 3.19. The van der Waals surface area contributed by atoms with E-state index in [9.17, 15) is 4.39 Å². The van der Waals surface area contributed by atoms with E-state index in [1.807, 2.05) is 12.1 Å². The zero-order chi connectivity index (χ0) is 18.2. The molecule has 0 aliphatic carbocycles. The molecule has 2 aromatic rings. The summed E-state index contributed by atoms with van der Waals surface area (Å²) in [7, 11) is 1.58. The van der Waals surface area contributed by atoms with Gasteiger partial charge in [0.05, 0.1) is 16.6 Å². The molecule has 3 nitrogen and oxygen atoms in total. The summed E-state index contributed by atoms with van der Waals surface area (Å²) < 4.78 is 25.9. The van der Waals surface area contributed by atoms with Crippen LogP contribution in [0.3, 0.4) is 0 Å². The number of benzene rings is 2. The van der Waals surface area contributed by atoms with Crippen molar-refractivity contribution >= 4 is 27.5 Å². The van der Waals surface area contributed by atoms with Gasteiger partial charge in [-0.3, -0.25) is 0 Å². The molecule has 0 amide bonds. The molecular weight excluding hydrogens is 409 g/mol. The van der Waals surface area contributed by atoms with Crippen molar-refractivity contribution < 1.29 is 13.9 Å². The van der Waals surface area contributed by atoms with Crippen molar-refractivity contribution in [2.45, 2.75) is 32.9 Å². The van der Waals surface area contributed by atoms with Crippen LogP contribution in [-0.2, 0) is 13.2 Å². The van der Waals surface area contributed by atoms with Crippen LogP contribution in [0.2, 0.25) is 5.02 Å². The molecule has 0 aliphatic rings. The van der Waals surface area contributed by atoms with Gasteiger partial charge in [-0.1, -0.05) is 31.0 Å². The zero-order valence-corrected chi connectivity index (χ0v) is 16.7. The topological polar surface area (TPSA) is 30.5 Å². The maximum Gasteiger partial charge on any atom is 0.175 e. The van der Waals surface area contributed by atoms with Gasteiger partial charge >= 0.3 is 0 Å². The lowest BCUT2D eigenvalue weighted by Crippen LogP contribution is -2.14. The number of hydrogen-bond donors (Lipinski definition) is 1. The van der Waals surface area contributed by atoms with E-state index in [0.717, 1.165) is 36.0 Å². The highest BCUT2D eigenvalue weighted by Gasteiger charge is 2.14. The van der Waals surface area contributed by atoms with E-state index in [2.05, 4.69) is 28.2 Å². The Balaban J connectivity index is 2.12. The second kappa shape index (κ2) is 10.00. The van der Waals surface area contributed by atoms with Crippen LogP contribution in [-0.4, -0.2) is 13.7 Å². The molecule has 0 aliphatic heterocycles. The minimum Gasteiger partial charge on any atom is -0.493 e. The predicted molar refractivity (Wildman–Crippen MR) is 103 cm³/mol. The molecule has 0 bridgehead atoms. The number of nitrogens with one attached hydrogen (secondary N) is 1. The van der Waals surface area contributed by atoms with Crippen LogP contribution in [0.5, 0.6) is 11.5 Å². The van der Waals surface area contributed by atoms with E-state index in [1.54, 1.807) is 19.2 Å². The van der Waals surface area contributed by atoms with Gasteiger partial charge in [0.25, 0.3) is 0 Å². The van der Waals surface area contributed by atoms with E-state index in [0.29, 0.717) is 22.1 Å². The molecule has 1 N–H and O–H groups in total. The number of hydrogen-bond acceptors (Lipinski definition) is 3. The Morgan fingerprint density at radius 1 is 1.28 bits per heavy atom. The molecule has 2 aromatic carbocycles. The smallest absolute Gasteiger partial charge is 0.175 e. The monoisotopic (exact) mass is 429 g/mol. The van der Waals surface area contributed by atoms with Gasteiger partial charge in [-0.05, 0) is 58.7 Å². The van der Waals surface area contributed by atoms with Gasteiger partial charge in [0.1, 0.15) is 12.4 Å². The Morgan fingerprint density at radius 2 is 2.08 bits per heavy atom. The van der Waals surface area contributed by atoms with Crippen LogP contribution >= 0.6 is 27.5 Å². The average molecular weight is 431 g/mol. The van der Waals surface area contributed by atoms with Gasteiger partial charge in [-0.2, -0.15) is 0 Å². The number of unbranched alkanes of at least 4 members (excludes halogenated alkanes) is 1. The number of ether oxygens (including phenoxy) is 2. The minimum atomic E-state index is -0.390. The third-order valence-corrected chi connectivity index (χ3v) is 4.69. The van der Waals surface area contributed by atoms with Crippen molar-refractivity contribution in [1.82, 2.24) is 5.32 Å². The molecule has 2 rings (SSSR count). The summed E-state index contributed by atoms with van der Waals surface area (Å²) in [5, 5.41) is 3.73. The molecule has 0 atom stereocenters. The molecule has 0 saturated carbocycles. The lowest BCUT2D eigenvalue weighted by molar-refractivity contribution is 0.277. The number of methoxy groups -OCH3 is 1. The second-order valence-corrected chi connectivity index (χ2v) is 6.89. The van der Waals surface area contributed by atoms with E-state index < -0.39 is 0 Å². The van der Waals surface area contributed by atoms with Gasteiger partial charge in [-0.15, -0.1) is 0 Å². The summed E-state index contributed by atoms with van der Waals surface area (Å²) in [6.07, 6.45) is 2.30. The summed E-state index contributed by atoms with van der Waals surface area (Å²) in [5.74, 6) is 0.729. The van der Waals surface area contributed by atoms with E-state index in [1.165, 1.54) is 6.07 Å². The first-order valence-electron chi connectivity index (χ1n) is 8.19. The van der Waals surface area contributed by atoms with E-state index in [4.69, 9.17) is 21.1 Å². The van der Waals surface area contributed by atoms with Crippen molar-refractivity contribution in [2.75, 3.05) is 13.7 Å². The summed E-state index contributed by atoms with van der Waals surface area (Å²) in [6.45, 7) is 3.90. The maximum atomic E-state index is 13.9. The van der Waals surface area contributed by atoms with Crippen molar-refractivity contribution in [2.24, 2.45) is 0 Å². The molecular formula is C19H22BrClFNO2. The highest BCUT2D eigenvalue weighted by atomic mass is 79.9. The van der Waals surface area contributed by atoms with Crippen LogP contribution in [0.25, 0.3) is 0 Å². The zero-order valence-electron chi connectivity index (χ0n) is 14.4.